The highest BCUT2D eigenvalue weighted by atomic mass is 32.2. The van der Waals surface area contributed by atoms with E-state index in [2.05, 4.69) is 15.4 Å². The molecule has 5 nitrogen and oxygen atoms in total. The Morgan fingerprint density at radius 2 is 1.62 bits per heavy atom. The molecule has 1 saturated carbocycles. The van der Waals surface area contributed by atoms with Gasteiger partial charge in [0.25, 0.3) is 10.0 Å². The first-order valence-corrected chi connectivity index (χ1v) is 10.7. The molecule has 0 amide bonds. The molecule has 0 aromatic heterocycles. The van der Waals surface area contributed by atoms with Gasteiger partial charge in [-0.05, 0) is 55.4 Å². The number of anilines is 2. The van der Waals surface area contributed by atoms with Gasteiger partial charge in [-0.15, -0.1) is 0 Å². The maximum Gasteiger partial charge on any atom is 0.261 e. The monoisotopic (exact) mass is 389 g/mol. The number of hydrogen-bond donors (Lipinski definition) is 3. The third-order valence-corrected chi connectivity index (χ3v) is 5.97. The van der Waals surface area contributed by atoms with E-state index in [-0.39, 0.29) is 4.90 Å². The Balaban J connectivity index is 1.66. The second kappa shape index (κ2) is 8.51. The van der Waals surface area contributed by atoms with Crippen molar-refractivity contribution in [3.8, 4) is 0 Å². The van der Waals surface area contributed by atoms with Crippen LogP contribution in [-0.4, -0.2) is 19.6 Å². The van der Waals surface area contributed by atoms with E-state index in [1.165, 1.54) is 19.3 Å². The van der Waals surface area contributed by atoms with Gasteiger partial charge in [0.1, 0.15) is 0 Å². The number of benzene rings is 2. The molecule has 1 fully saturated rings. The second-order valence-corrected chi connectivity index (χ2v) is 8.52. The minimum atomic E-state index is -3.65. The molecule has 138 valence electrons. The summed E-state index contributed by atoms with van der Waals surface area (Å²) in [6, 6.07) is 15.9. The van der Waals surface area contributed by atoms with E-state index in [0.717, 1.165) is 12.8 Å². The molecule has 3 rings (SSSR count). The summed E-state index contributed by atoms with van der Waals surface area (Å²) in [7, 11) is -3.65. The van der Waals surface area contributed by atoms with Crippen molar-refractivity contribution in [1.82, 2.24) is 5.32 Å². The molecule has 0 radical (unpaired) electrons. The van der Waals surface area contributed by atoms with Crippen molar-refractivity contribution in [2.75, 3.05) is 10.0 Å². The molecule has 1 aliphatic carbocycles. The summed E-state index contributed by atoms with van der Waals surface area (Å²) in [5, 5.41) is 6.94. The fraction of sp³-hybridized carbons (Fsp3) is 0.316. The fourth-order valence-electron chi connectivity index (χ4n) is 3.06. The van der Waals surface area contributed by atoms with E-state index in [0.29, 0.717) is 22.5 Å². The van der Waals surface area contributed by atoms with Crippen LogP contribution in [0.5, 0.6) is 0 Å². The molecule has 26 heavy (non-hydrogen) atoms. The first-order valence-electron chi connectivity index (χ1n) is 8.78. The lowest BCUT2D eigenvalue weighted by molar-refractivity contribution is 0.415. The summed E-state index contributed by atoms with van der Waals surface area (Å²) in [5.41, 5.74) is 1.18. The van der Waals surface area contributed by atoms with Gasteiger partial charge in [0, 0.05) is 17.4 Å². The van der Waals surface area contributed by atoms with Gasteiger partial charge >= 0.3 is 0 Å². The summed E-state index contributed by atoms with van der Waals surface area (Å²) < 4.78 is 27.7. The van der Waals surface area contributed by atoms with Gasteiger partial charge in [-0.25, -0.2) is 8.42 Å². The molecule has 0 atom stereocenters. The minimum Gasteiger partial charge on any atom is -0.360 e. The molecule has 7 heteroatoms. The highest BCUT2D eigenvalue weighted by Crippen LogP contribution is 2.20. The summed E-state index contributed by atoms with van der Waals surface area (Å²) in [5.74, 6) is 0. The smallest absolute Gasteiger partial charge is 0.261 e. The van der Waals surface area contributed by atoms with Crippen LogP contribution in [0.4, 0.5) is 11.4 Å². The molecule has 0 spiro atoms. The number of rotatable bonds is 5. The van der Waals surface area contributed by atoms with Gasteiger partial charge in [-0.2, -0.15) is 0 Å². The Morgan fingerprint density at radius 3 is 2.35 bits per heavy atom. The zero-order valence-electron chi connectivity index (χ0n) is 14.4. The van der Waals surface area contributed by atoms with E-state index in [4.69, 9.17) is 12.2 Å². The summed E-state index contributed by atoms with van der Waals surface area (Å²) in [4.78, 5) is 0.187. The lowest BCUT2D eigenvalue weighted by atomic mass is 9.96. The van der Waals surface area contributed by atoms with Crippen molar-refractivity contribution >= 4 is 38.7 Å². The molecule has 0 aliphatic heterocycles. The quantitative estimate of drug-likeness (QED) is 0.672. The van der Waals surface area contributed by atoms with Crippen molar-refractivity contribution in [2.24, 2.45) is 0 Å². The van der Waals surface area contributed by atoms with Crippen LogP contribution in [-0.2, 0) is 10.0 Å². The number of para-hydroxylation sites is 1. The standard InChI is InChI=1S/C19H23N3O2S2/c23-26(24,22-16-10-5-2-6-11-16)18-13-7-12-17(14-18)21-19(25)20-15-8-3-1-4-9-15/h2,5-7,10-15,22H,1,3-4,8-9H2,(H2,20,21,25). The van der Waals surface area contributed by atoms with Crippen LogP contribution >= 0.6 is 12.2 Å². The van der Waals surface area contributed by atoms with E-state index >= 15 is 0 Å². The lowest BCUT2D eigenvalue weighted by Gasteiger charge is -2.24. The average Bonchev–Trinajstić information content (AvgIpc) is 2.63. The molecule has 2 aromatic rings. The van der Waals surface area contributed by atoms with Crippen molar-refractivity contribution in [1.29, 1.82) is 0 Å². The first kappa shape index (κ1) is 18.7. The van der Waals surface area contributed by atoms with Gasteiger partial charge in [0.2, 0.25) is 0 Å². The zero-order chi connectivity index (χ0) is 18.4. The number of sulfonamides is 1. The number of thiocarbonyl (C=S) groups is 1. The Bertz CT molecular complexity index is 848. The topological polar surface area (TPSA) is 70.2 Å². The van der Waals surface area contributed by atoms with Crippen molar-refractivity contribution in [3.63, 3.8) is 0 Å². The molecule has 0 heterocycles. The van der Waals surface area contributed by atoms with Crippen LogP contribution in [0.15, 0.2) is 59.5 Å². The maximum absolute atomic E-state index is 12.6. The van der Waals surface area contributed by atoms with Crippen molar-refractivity contribution in [2.45, 2.75) is 43.0 Å². The molecule has 3 N–H and O–H groups in total. The highest BCUT2D eigenvalue weighted by molar-refractivity contribution is 7.92. The van der Waals surface area contributed by atoms with Crippen LogP contribution < -0.4 is 15.4 Å². The largest absolute Gasteiger partial charge is 0.360 e. The highest BCUT2D eigenvalue weighted by Gasteiger charge is 2.16. The van der Waals surface area contributed by atoms with Crippen LogP contribution in [0.3, 0.4) is 0 Å². The predicted molar refractivity (Wildman–Crippen MR) is 110 cm³/mol. The second-order valence-electron chi connectivity index (χ2n) is 6.43. The maximum atomic E-state index is 12.6. The van der Waals surface area contributed by atoms with E-state index in [1.807, 2.05) is 6.07 Å². The molecule has 2 aromatic carbocycles. The molecular formula is C19H23N3O2S2. The first-order chi connectivity index (χ1) is 12.5. The fourth-order valence-corrected chi connectivity index (χ4v) is 4.45. The zero-order valence-corrected chi connectivity index (χ0v) is 16.1. The van der Waals surface area contributed by atoms with Gasteiger partial charge in [0.05, 0.1) is 4.90 Å². The Labute approximate surface area is 160 Å². The van der Waals surface area contributed by atoms with E-state index in [9.17, 15) is 8.42 Å². The third-order valence-electron chi connectivity index (χ3n) is 4.37. The van der Waals surface area contributed by atoms with Crippen LogP contribution in [0.2, 0.25) is 0 Å². The SMILES string of the molecule is O=S(=O)(Nc1ccccc1)c1cccc(NC(=S)NC2CCCCC2)c1. The van der Waals surface area contributed by atoms with Crippen LogP contribution in [0.1, 0.15) is 32.1 Å². The van der Waals surface area contributed by atoms with Crippen molar-refractivity contribution < 1.29 is 8.42 Å². The summed E-state index contributed by atoms with van der Waals surface area (Å²) >= 11 is 5.37. The van der Waals surface area contributed by atoms with Crippen molar-refractivity contribution in [3.05, 3.63) is 54.6 Å². The lowest BCUT2D eigenvalue weighted by Crippen LogP contribution is -2.38. The Hall–Kier alpha value is -2.12. The third kappa shape index (κ3) is 5.19. The predicted octanol–water partition coefficient (Wildman–Crippen LogP) is 4.11. The normalized spacial score (nSPS) is 15.2. The average molecular weight is 390 g/mol. The summed E-state index contributed by atoms with van der Waals surface area (Å²) in [6.07, 6.45) is 5.97. The molecular weight excluding hydrogens is 366 g/mol. The molecule has 0 saturated heterocycles. The van der Waals surface area contributed by atoms with Gasteiger partial charge in [-0.3, -0.25) is 4.72 Å². The Morgan fingerprint density at radius 1 is 0.923 bits per heavy atom. The summed E-state index contributed by atoms with van der Waals surface area (Å²) in [6.45, 7) is 0. The Kier molecular flexibility index (Phi) is 6.11. The van der Waals surface area contributed by atoms with Crippen LogP contribution in [0.25, 0.3) is 0 Å². The van der Waals surface area contributed by atoms with Gasteiger partial charge in [-0.1, -0.05) is 43.5 Å². The van der Waals surface area contributed by atoms with E-state index < -0.39 is 10.0 Å². The number of nitrogens with one attached hydrogen (secondary N) is 3. The minimum absolute atomic E-state index is 0.187. The molecule has 1 aliphatic rings. The van der Waals surface area contributed by atoms with Gasteiger partial charge < -0.3 is 10.6 Å². The van der Waals surface area contributed by atoms with Crippen LogP contribution in [0, 0.1) is 0 Å². The van der Waals surface area contributed by atoms with Gasteiger partial charge in [0.15, 0.2) is 5.11 Å². The molecule has 0 bridgehead atoms. The number of hydrogen-bond acceptors (Lipinski definition) is 3. The molecule has 0 unspecified atom stereocenters. The van der Waals surface area contributed by atoms with E-state index in [1.54, 1.807) is 48.5 Å².